The number of amides is 5. The zero-order valence-electron chi connectivity index (χ0n) is 33.1. The van der Waals surface area contributed by atoms with Gasteiger partial charge >= 0.3 is 12.1 Å². The van der Waals surface area contributed by atoms with Crippen LogP contribution in [0.3, 0.4) is 0 Å². The van der Waals surface area contributed by atoms with Crippen LogP contribution in [-0.2, 0) is 33.4 Å². The minimum absolute atomic E-state index is 0.0192. The lowest BCUT2D eigenvalue weighted by Crippen LogP contribution is -2.56. The van der Waals surface area contributed by atoms with Gasteiger partial charge in [0.15, 0.2) is 6.61 Å². The molecule has 0 spiro atoms. The van der Waals surface area contributed by atoms with Crippen LogP contribution in [0, 0.1) is 12.8 Å². The number of piperazine rings is 1. The SMILES string of the molecule is CCOC(=O)N1CCN(C(=O)C(CCC(=O)OCCC2CCOCC2)NC(=O)c2cc(OCC(=O)N3CCCC3C(=O)NC3CCC3)c3ccc(C)cc3n2)CC1. The predicted octanol–water partition coefficient (Wildman–Crippen LogP) is 3.12. The Balaban J connectivity index is 1.14. The first-order valence-corrected chi connectivity index (χ1v) is 20.5. The molecule has 310 valence electrons. The molecule has 2 unspecified atom stereocenters. The number of aryl methyl sites for hydroxylation is 1. The second-order valence-corrected chi connectivity index (χ2v) is 15.3. The molecule has 4 fully saturated rings. The lowest BCUT2D eigenvalue weighted by Gasteiger charge is -2.36. The zero-order valence-corrected chi connectivity index (χ0v) is 33.1. The summed E-state index contributed by atoms with van der Waals surface area (Å²) in [6, 6.07) is 5.43. The Labute approximate surface area is 333 Å². The van der Waals surface area contributed by atoms with Crippen LogP contribution in [0.25, 0.3) is 10.9 Å². The molecule has 4 aliphatic rings. The van der Waals surface area contributed by atoms with E-state index in [0.717, 1.165) is 44.1 Å². The summed E-state index contributed by atoms with van der Waals surface area (Å²) in [6.45, 7) is 6.58. The minimum atomic E-state index is -1.10. The van der Waals surface area contributed by atoms with Crippen molar-refractivity contribution in [2.75, 3.05) is 65.8 Å². The molecule has 1 saturated carbocycles. The Kier molecular flexibility index (Phi) is 14.6. The molecule has 16 nitrogen and oxygen atoms in total. The molecule has 6 rings (SSSR count). The largest absolute Gasteiger partial charge is 0.483 e. The average molecular weight is 793 g/mol. The summed E-state index contributed by atoms with van der Waals surface area (Å²) in [5.74, 6) is -1.33. The Morgan fingerprint density at radius 1 is 0.912 bits per heavy atom. The summed E-state index contributed by atoms with van der Waals surface area (Å²) in [4.78, 5) is 88.8. The van der Waals surface area contributed by atoms with Gasteiger partial charge in [0, 0.05) is 69.9 Å². The number of nitrogens with one attached hydrogen (secondary N) is 2. The van der Waals surface area contributed by atoms with Gasteiger partial charge in [-0.1, -0.05) is 6.07 Å². The summed E-state index contributed by atoms with van der Waals surface area (Å²) < 4.78 is 22.1. The van der Waals surface area contributed by atoms with Crippen molar-refractivity contribution >= 4 is 46.6 Å². The van der Waals surface area contributed by atoms with E-state index in [0.29, 0.717) is 49.4 Å². The molecule has 5 amide bonds. The van der Waals surface area contributed by atoms with Gasteiger partial charge in [-0.2, -0.15) is 0 Å². The zero-order chi connectivity index (χ0) is 40.3. The lowest BCUT2D eigenvalue weighted by atomic mass is 9.93. The number of ether oxygens (including phenoxy) is 4. The minimum Gasteiger partial charge on any atom is -0.483 e. The van der Waals surface area contributed by atoms with E-state index < -0.39 is 36.0 Å². The van der Waals surface area contributed by atoms with E-state index >= 15 is 0 Å². The van der Waals surface area contributed by atoms with Crippen LogP contribution < -0.4 is 15.4 Å². The van der Waals surface area contributed by atoms with Crippen LogP contribution in [0.4, 0.5) is 4.79 Å². The highest BCUT2D eigenvalue weighted by atomic mass is 16.6. The van der Waals surface area contributed by atoms with Gasteiger partial charge in [-0.15, -0.1) is 0 Å². The second-order valence-electron chi connectivity index (χ2n) is 15.3. The molecule has 2 atom stereocenters. The van der Waals surface area contributed by atoms with E-state index in [2.05, 4.69) is 15.6 Å². The van der Waals surface area contributed by atoms with Gasteiger partial charge in [0.25, 0.3) is 11.8 Å². The fourth-order valence-electron chi connectivity index (χ4n) is 7.70. The predicted molar refractivity (Wildman–Crippen MR) is 207 cm³/mol. The van der Waals surface area contributed by atoms with E-state index in [9.17, 15) is 28.8 Å². The molecule has 57 heavy (non-hydrogen) atoms. The number of hydrogen-bond acceptors (Lipinski definition) is 11. The van der Waals surface area contributed by atoms with Crippen molar-refractivity contribution in [1.29, 1.82) is 0 Å². The van der Waals surface area contributed by atoms with E-state index in [1.54, 1.807) is 28.9 Å². The topological polar surface area (TPSA) is 186 Å². The number of carbonyl (C=O) groups excluding carboxylic acids is 6. The number of likely N-dealkylation sites (tertiary alicyclic amines) is 1. The highest BCUT2D eigenvalue weighted by Gasteiger charge is 2.36. The fourth-order valence-corrected chi connectivity index (χ4v) is 7.70. The molecule has 3 aliphatic heterocycles. The number of nitrogens with zero attached hydrogens (tertiary/aromatic N) is 4. The quantitative estimate of drug-likeness (QED) is 0.253. The van der Waals surface area contributed by atoms with Crippen LogP contribution in [0.15, 0.2) is 24.3 Å². The summed E-state index contributed by atoms with van der Waals surface area (Å²) in [7, 11) is 0. The van der Waals surface area contributed by atoms with Crippen molar-refractivity contribution in [2.45, 2.75) is 96.2 Å². The van der Waals surface area contributed by atoms with Gasteiger partial charge in [-0.25, -0.2) is 9.78 Å². The van der Waals surface area contributed by atoms with Crippen molar-refractivity contribution in [2.24, 2.45) is 5.92 Å². The molecular formula is C41H56N6O10. The molecule has 4 heterocycles. The number of pyridine rings is 1. The Hall–Kier alpha value is -4.99. The molecule has 2 aromatic rings. The molecule has 0 bridgehead atoms. The van der Waals surface area contributed by atoms with Crippen molar-refractivity contribution in [3.05, 3.63) is 35.5 Å². The highest BCUT2D eigenvalue weighted by molar-refractivity contribution is 5.99. The molecule has 3 saturated heterocycles. The molecule has 1 aromatic heterocycles. The first-order chi connectivity index (χ1) is 27.6. The molecular weight excluding hydrogens is 736 g/mol. The van der Waals surface area contributed by atoms with Gasteiger partial charge in [-0.3, -0.25) is 24.0 Å². The third-order valence-electron chi connectivity index (χ3n) is 11.3. The first-order valence-electron chi connectivity index (χ1n) is 20.5. The lowest BCUT2D eigenvalue weighted by molar-refractivity contribution is -0.144. The summed E-state index contributed by atoms with van der Waals surface area (Å²) in [6.07, 6.45) is 6.29. The van der Waals surface area contributed by atoms with Gasteiger partial charge in [-0.05, 0) is 95.2 Å². The van der Waals surface area contributed by atoms with E-state index in [-0.39, 0.29) is 88.1 Å². The number of esters is 1. The fraction of sp³-hybridized carbons (Fsp3) is 0.634. The monoisotopic (exact) mass is 792 g/mol. The summed E-state index contributed by atoms with van der Waals surface area (Å²) in [5.41, 5.74) is 1.30. The van der Waals surface area contributed by atoms with Crippen molar-refractivity contribution < 1.29 is 47.7 Å². The van der Waals surface area contributed by atoms with Crippen LogP contribution in [0.5, 0.6) is 5.75 Å². The number of rotatable bonds is 15. The first kappa shape index (κ1) is 41.6. The van der Waals surface area contributed by atoms with Crippen LogP contribution in [0.2, 0.25) is 0 Å². The standard InChI is InChI=1S/C41H56N6O10/c1-3-55-41(53)46-19-17-45(18-20-46)40(52)31(11-12-37(49)56-23-15-28-13-21-54-22-14-28)44-38(50)33-25-35(30-10-9-27(2)24-32(30)43-33)57-26-36(48)47-16-5-8-34(47)39(51)42-29-6-4-7-29/h9-10,24-25,28-29,31,34H,3-8,11-23,26H2,1-2H3,(H,42,51)(H,44,50). The van der Waals surface area contributed by atoms with Crippen LogP contribution in [0.1, 0.15) is 87.2 Å². The Morgan fingerprint density at radius 3 is 2.39 bits per heavy atom. The average Bonchev–Trinajstić information content (AvgIpc) is 3.70. The number of fused-ring (bicyclic) bond motifs is 1. The third-order valence-corrected chi connectivity index (χ3v) is 11.3. The third kappa shape index (κ3) is 11.1. The van der Waals surface area contributed by atoms with Gasteiger partial charge in [0.05, 0.1) is 18.7 Å². The maximum Gasteiger partial charge on any atom is 0.409 e. The maximum absolute atomic E-state index is 14.0. The van der Waals surface area contributed by atoms with E-state index in [4.69, 9.17) is 18.9 Å². The summed E-state index contributed by atoms with van der Waals surface area (Å²) in [5, 5.41) is 6.45. The second kappa shape index (κ2) is 19.9. The van der Waals surface area contributed by atoms with Crippen molar-refractivity contribution in [3.63, 3.8) is 0 Å². The normalized spacial score (nSPS) is 19.4. The molecule has 2 N–H and O–H groups in total. The summed E-state index contributed by atoms with van der Waals surface area (Å²) >= 11 is 0. The Bertz CT molecular complexity index is 1770. The molecule has 1 aliphatic carbocycles. The van der Waals surface area contributed by atoms with Gasteiger partial charge in [0.1, 0.15) is 23.5 Å². The van der Waals surface area contributed by atoms with Crippen LogP contribution in [-0.4, -0.2) is 139 Å². The number of hydrogen-bond donors (Lipinski definition) is 2. The van der Waals surface area contributed by atoms with Crippen molar-refractivity contribution in [3.8, 4) is 5.75 Å². The number of carbonyl (C=O) groups is 6. The van der Waals surface area contributed by atoms with E-state index in [1.165, 1.54) is 11.0 Å². The van der Waals surface area contributed by atoms with Crippen LogP contribution >= 0.6 is 0 Å². The number of benzene rings is 1. The molecule has 16 heteroatoms. The highest BCUT2D eigenvalue weighted by Crippen LogP contribution is 2.28. The Morgan fingerprint density at radius 2 is 1.67 bits per heavy atom. The molecule has 1 aromatic carbocycles. The van der Waals surface area contributed by atoms with E-state index in [1.807, 2.05) is 13.0 Å². The maximum atomic E-state index is 14.0. The smallest absolute Gasteiger partial charge is 0.409 e. The van der Waals surface area contributed by atoms with Gasteiger partial charge in [0.2, 0.25) is 11.8 Å². The van der Waals surface area contributed by atoms with Gasteiger partial charge < -0.3 is 44.3 Å². The molecule has 0 radical (unpaired) electrons. The number of aromatic nitrogens is 1. The van der Waals surface area contributed by atoms with Crippen molar-refractivity contribution in [1.82, 2.24) is 30.3 Å².